The molecular weight excluding hydrogens is 216 g/mol. The topological polar surface area (TPSA) is 50.3 Å². The van der Waals surface area contributed by atoms with Crippen LogP contribution in [0.2, 0.25) is 0 Å². The molecule has 0 aliphatic carbocycles. The van der Waals surface area contributed by atoms with E-state index in [9.17, 15) is 0 Å². The largest absolute Gasteiger partial charge is 0.378 e. The minimum atomic E-state index is 0.359. The highest BCUT2D eigenvalue weighted by Crippen LogP contribution is 2.09. The third-order valence-electron chi connectivity index (χ3n) is 2.80. The standard InChI is InChI=1S/C12H20N4O/c1-9-6-10(2)15-12(14-9)16(3)7-11-8-17-5-4-13-11/h6,11,13H,4-5,7-8H2,1-3H3. The second kappa shape index (κ2) is 5.42. The lowest BCUT2D eigenvalue weighted by molar-refractivity contribution is 0.0790. The third-order valence-corrected chi connectivity index (χ3v) is 2.80. The third kappa shape index (κ3) is 3.38. The first-order chi connectivity index (χ1) is 8.15. The van der Waals surface area contributed by atoms with Gasteiger partial charge in [-0.05, 0) is 19.9 Å². The molecular formula is C12H20N4O. The van der Waals surface area contributed by atoms with Gasteiger partial charge in [0.05, 0.1) is 13.2 Å². The number of morpholine rings is 1. The van der Waals surface area contributed by atoms with Gasteiger partial charge in [-0.1, -0.05) is 0 Å². The molecule has 17 heavy (non-hydrogen) atoms. The van der Waals surface area contributed by atoms with Crippen molar-refractivity contribution in [2.45, 2.75) is 19.9 Å². The van der Waals surface area contributed by atoms with E-state index in [-0.39, 0.29) is 0 Å². The Morgan fingerprint density at radius 2 is 2.12 bits per heavy atom. The molecule has 2 rings (SSSR count). The second-order valence-corrected chi connectivity index (χ2v) is 4.56. The Morgan fingerprint density at radius 1 is 1.41 bits per heavy atom. The maximum Gasteiger partial charge on any atom is 0.225 e. The van der Waals surface area contributed by atoms with E-state index in [1.807, 2.05) is 27.0 Å². The first-order valence-corrected chi connectivity index (χ1v) is 5.99. The first-order valence-electron chi connectivity index (χ1n) is 5.99. The van der Waals surface area contributed by atoms with Crippen LogP contribution in [0.1, 0.15) is 11.4 Å². The highest BCUT2D eigenvalue weighted by molar-refractivity contribution is 5.31. The van der Waals surface area contributed by atoms with Gasteiger partial charge in [-0.25, -0.2) is 9.97 Å². The summed E-state index contributed by atoms with van der Waals surface area (Å²) in [6.45, 7) is 7.34. The number of aryl methyl sites for hydroxylation is 2. The predicted octanol–water partition coefficient (Wildman–Crippen LogP) is 0.518. The minimum Gasteiger partial charge on any atom is -0.378 e. The number of rotatable bonds is 3. The zero-order valence-corrected chi connectivity index (χ0v) is 10.7. The molecule has 0 bridgehead atoms. The van der Waals surface area contributed by atoms with Crippen LogP contribution in [0.3, 0.4) is 0 Å². The molecule has 5 nitrogen and oxygen atoms in total. The average molecular weight is 236 g/mol. The summed E-state index contributed by atoms with van der Waals surface area (Å²) in [6, 6.07) is 2.34. The Hall–Kier alpha value is -1.20. The summed E-state index contributed by atoms with van der Waals surface area (Å²) in [4.78, 5) is 11.0. The smallest absolute Gasteiger partial charge is 0.225 e. The highest BCUT2D eigenvalue weighted by atomic mass is 16.5. The molecule has 94 valence electrons. The zero-order chi connectivity index (χ0) is 12.3. The van der Waals surface area contributed by atoms with Gasteiger partial charge in [0.15, 0.2) is 0 Å². The fourth-order valence-electron chi connectivity index (χ4n) is 2.03. The average Bonchev–Trinajstić information content (AvgIpc) is 2.29. The van der Waals surface area contributed by atoms with Crippen LogP contribution in [0.5, 0.6) is 0 Å². The highest BCUT2D eigenvalue weighted by Gasteiger charge is 2.16. The summed E-state index contributed by atoms with van der Waals surface area (Å²) >= 11 is 0. The van der Waals surface area contributed by atoms with E-state index < -0.39 is 0 Å². The molecule has 1 aromatic heterocycles. The Balaban J connectivity index is 2.00. The monoisotopic (exact) mass is 236 g/mol. The van der Waals surface area contributed by atoms with Crippen molar-refractivity contribution in [3.8, 4) is 0 Å². The summed E-state index contributed by atoms with van der Waals surface area (Å²) < 4.78 is 5.44. The van der Waals surface area contributed by atoms with Crippen LogP contribution in [-0.4, -0.2) is 49.4 Å². The van der Waals surface area contributed by atoms with E-state index in [1.54, 1.807) is 0 Å². The summed E-state index contributed by atoms with van der Waals surface area (Å²) in [5, 5.41) is 3.43. The maximum absolute atomic E-state index is 5.44. The Kier molecular flexibility index (Phi) is 3.91. The van der Waals surface area contributed by atoms with Crippen molar-refractivity contribution in [2.75, 3.05) is 38.3 Å². The van der Waals surface area contributed by atoms with E-state index in [2.05, 4.69) is 20.2 Å². The fraction of sp³-hybridized carbons (Fsp3) is 0.667. The number of hydrogen-bond donors (Lipinski definition) is 1. The number of hydrogen-bond acceptors (Lipinski definition) is 5. The normalized spacial score (nSPS) is 20.3. The minimum absolute atomic E-state index is 0.359. The fourth-order valence-corrected chi connectivity index (χ4v) is 2.03. The molecule has 2 heterocycles. The van der Waals surface area contributed by atoms with Gasteiger partial charge in [0.2, 0.25) is 5.95 Å². The first kappa shape index (κ1) is 12.3. The van der Waals surface area contributed by atoms with Gasteiger partial charge >= 0.3 is 0 Å². The van der Waals surface area contributed by atoms with Crippen LogP contribution in [0.15, 0.2) is 6.07 Å². The lowest BCUT2D eigenvalue weighted by Gasteiger charge is -2.28. The van der Waals surface area contributed by atoms with E-state index in [0.717, 1.165) is 43.6 Å². The molecule has 1 unspecified atom stereocenters. The molecule has 1 aliphatic heterocycles. The lowest BCUT2D eigenvalue weighted by Crippen LogP contribution is -2.48. The maximum atomic E-state index is 5.44. The van der Waals surface area contributed by atoms with Crippen LogP contribution >= 0.6 is 0 Å². The van der Waals surface area contributed by atoms with Gasteiger partial charge in [0.1, 0.15) is 0 Å². The van der Waals surface area contributed by atoms with Gasteiger partial charge in [0, 0.05) is 37.6 Å². The van der Waals surface area contributed by atoms with E-state index in [1.165, 1.54) is 0 Å². The van der Waals surface area contributed by atoms with Crippen molar-refractivity contribution in [1.82, 2.24) is 15.3 Å². The van der Waals surface area contributed by atoms with E-state index in [4.69, 9.17) is 4.74 Å². The summed E-state index contributed by atoms with van der Waals surface area (Å²) in [7, 11) is 2.02. The van der Waals surface area contributed by atoms with Crippen LogP contribution in [-0.2, 0) is 4.74 Å². The quantitative estimate of drug-likeness (QED) is 0.829. The summed E-state index contributed by atoms with van der Waals surface area (Å²) in [6.07, 6.45) is 0. The molecule has 1 aromatic rings. The molecule has 1 saturated heterocycles. The van der Waals surface area contributed by atoms with Crippen LogP contribution in [0, 0.1) is 13.8 Å². The van der Waals surface area contributed by atoms with Crippen molar-refractivity contribution in [2.24, 2.45) is 0 Å². The molecule has 0 amide bonds. The predicted molar refractivity (Wildman–Crippen MR) is 67.4 cm³/mol. The summed E-state index contributed by atoms with van der Waals surface area (Å²) in [5.74, 6) is 0.787. The Morgan fingerprint density at radius 3 is 2.71 bits per heavy atom. The molecule has 1 atom stereocenters. The molecule has 1 aliphatic rings. The Labute approximate surface area is 102 Å². The van der Waals surface area contributed by atoms with Gasteiger partial charge in [0.25, 0.3) is 0 Å². The second-order valence-electron chi connectivity index (χ2n) is 4.56. The molecule has 0 radical (unpaired) electrons. The van der Waals surface area contributed by atoms with Gasteiger partial charge in [-0.15, -0.1) is 0 Å². The van der Waals surface area contributed by atoms with E-state index >= 15 is 0 Å². The molecule has 0 spiro atoms. The number of ether oxygens (including phenoxy) is 1. The lowest BCUT2D eigenvalue weighted by atomic mass is 10.2. The van der Waals surface area contributed by atoms with Crippen molar-refractivity contribution < 1.29 is 4.74 Å². The van der Waals surface area contributed by atoms with Gasteiger partial charge in [-0.2, -0.15) is 0 Å². The van der Waals surface area contributed by atoms with Crippen molar-refractivity contribution >= 4 is 5.95 Å². The molecule has 1 N–H and O–H groups in total. The number of aromatic nitrogens is 2. The van der Waals surface area contributed by atoms with Crippen LogP contribution < -0.4 is 10.2 Å². The number of nitrogens with one attached hydrogen (secondary N) is 1. The molecule has 1 fully saturated rings. The molecule has 0 saturated carbocycles. The number of nitrogens with zero attached hydrogens (tertiary/aromatic N) is 3. The van der Waals surface area contributed by atoms with Gasteiger partial charge in [-0.3, -0.25) is 0 Å². The van der Waals surface area contributed by atoms with E-state index in [0.29, 0.717) is 6.04 Å². The van der Waals surface area contributed by atoms with Crippen molar-refractivity contribution in [1.29, 1.82) is 0 Å². The van der Waals surface area contributed by atoms with Crippen LogP contribution in [0.25, 0.3) is 0 Å². The zero-order valence-electron chi connectivity index (χ0n) is 10.7. The SMILES string of the molecule is Cc1cc(C)nc(N(C)CC2COCCN2)n1. The van der Waals surface area contributed by atoms with Gasteiger partial charge < -0.3 is 15.0 Å². The van der Waals surface area contributed by atoms with Crippen molar-refractivity contribution in [3.63, 3.8) is 0 Å². The summed E-state index contributed by atoms with van der Waals surface area (Å²) in [5.41, 5.74) is 2.01. The molecule has 0 aromatic carbocycles. The molecule has 5 heteroatoms. The Bertz CT molecular complexity index is 357. The number of anilines is 1. The van der Waals surface area contributed by atoms with Crippen molar-refractivity contribution in [3.05, 3.63) is 17.5 Å². The number of likely N-dealkylation sites (N-methyl/N-ethyl adjacent to an activating group) is 1. The van der Waals surface area contributed by atoms with Crippen LogP contribution in [0.4, 0.5) is 5.95 Å².